The lowest BCUT2D eigenvalue weighted by molar-refractivity contribution is -0.384. The Morgan fingerprint density at radius 2 is 1.80 bits per heavy atom. The normalized spacial score (nSPS) is 9.85. The minimum absolute atomic E-state index is 0.0249. The highest BCUT2D eigenvalue weighted by molar-refractivity contribution is 5.51. The Hall–Kier alpha value is -3.01. The second-order valence-electron chi connectivity index (χ2n) is 3.76. The smallest absolute Gasteiger partial charge is 0.271 e. The molecule has 20 heavy (non-hydrogen) atoms. The molecule has 0 saturated heterocycles. The van der Waals surface area contributed by atoms with Gasteiger partial charge in [-0.15, -0.1) is 0 Å². The van der Waals surface area contributed by atoms with Crippen molar-refractivity contribution in [3.8, 4) is 17.6 Å². The maximum atomic E-state index is 13.0. The number of halogens is 2. The molecule has 0 fully saturated rings. The molecule has 0 aromatic heterocycles. The standard InChI is InChI=1S/C13H6F2N2O3/c14-9-4-10(15)6-12(5-9)20-13-2-1-11(17(18)19)3-8(13)7-16/h1-6H. The third kappa shape index (κ3) is 2.87. The zero-order valence-electron chi connectivity index (χ0n) is 9.84. The fourth-order valence-electron chi connectivity index (χ4n) is 1.52. The van der Waals surface area contributed by atoms with Crippen molar-refractivity contribution in [1.29, 1.82) is 5.26 Å². The average Bonchev–Trinajstić information content (AvgIpc) is 2.37. The molecule has 0 aliphatic heterocycles. The largest absolute Gasteiger partial charge is 0.456 e. The molecule has 0 amide bonds. The highest BCUT2D eigenvalue weighted by Crippen LogP contribution is 2.29. The van der Waals surface area contributed by atoms with Gasteiger partial charge in [0.1, 0.15) is 34.8 Å². The van der Waals surface area contributed by atoms with Gasteiger partial charge >= 0.3 is 0 Å². The van der Waals surface area contributed by atoms with Gasteiger partial charge in [-0.1, -0.05) is 0 Å². The van der Waals surface area contributed by atoms with E-state index in [1.807, 2.05) is 0 Å². The molecule has 0 aliphatic rings. The van der Waals surface area contributed by atoms with Crippen LogP contribution in [0.2, 0.25) is 0 Å². The first-order valence-electron chi connectivity index (χ1n) is 5.32. The number of non-ortho nitro benzene ring substituents is 1. The van der Waals surface area contributed by atoms with Crippen LogP contribution in [0.4, 0.5) is 14.5 Å². The minimum Gasteiger partial charge on any atom is -0.456 e. The van der Waals surface area contributed by atoms with Crippen molar-refractivity contribution in [2.45, 2.75) is 0 Å². The molecule has 100 valence electrons. The summed E-state index contributed by atoms with van der Waals surface area (Å²) in [4.78, 5) is 9.92. The molecule has 0 atom stereocenters. The van der Waals surface area contributed by atoms with E-state index < -0.39 is 16.6 Å². The quantitative estimate of drug-likeness (QED) is 0.634. The van der Waals surface area contributed by atoms with Gasteiger partial charge in [0.15, 0.2) is 0 Å². The Morgan fingerprint density at radius 1 is 1.15 bits per heavy atom. The Morgan fingerprint density at radius 3 is 2.35 bits per heavy atom. The molecule has 0 saturated carbocycles. The summed E-state index contributed by atoms with van der Waals surface area (Å²) in [5.74, 6) is -1.84. The number of nitro groups is 1. The summed E-state index contributed by atoms with van der Waals surface area (Å²) in [5.41, 5.74) is -0.386. The van der Waals surface area contributed by atoms with E-state index in [1.54, 1.807) is 6.07 Å². The Balaban J connectivity index is 2.38. The third-order valence-corrected chi connectivity index (χ3v) is 2.36. The van der Waals surface area contributed by atoms with E-state index in [0.717, 1.165) is 24.3 Å². The first-order chi connectivity index (χ1) is 9.49. The van der Waals surface area contributed by atoms with E-state index in [0.29, 0.717) is 6.07 Å². The molecule has 2 aromatic carbocycles. The number of hydrogen-bond donors (Lipinski definition) is 0. The van der Waals surface area contributed by atoms with E-state index in [4.69, 9.17) is 10.00 Å². The van der Waals surface area contributed by atoms with E-state index in [2.05, 4.69) is 0 Å². The summed E-state index contributed by atoms with van der Waals surface area (Å²) in [6, 6.07) is 7.61. The molecule has 0 heterocycles. The van der Waals surface area contributed by atoms with Crippen molar-refractivity contribution in [3.63, 3.8) is 0 Å². The molecule has 0 aliphatic carbocycles. The predicted molar refractivity (Wildman–Crippen MR) is 64.2 cm³/mol. The molecule has 0 bridgehead atoms. The molecule has 2 aromatic rings. The van der Waals surface area contributed by atoms with Crippen LogP contribution < -0.4 is 4.74 Å². The van der Waals surface area contributed by atoms with Crippen LogP contribution in [-0.2, 0) is 0 Å². The summed E-state index contributed by atoms with van der Waals surface area (Å²) in [6.45, 7) is 0. The maximum Gasteiger partial charge on any atom is 0.271 e. The number of nitro benzene ring substituents is 1. The Kier molecular flexibility index (Phi) is 3.57. The number of nitriles is 1. The van der Waals surface area contributed by atoms with E-state index in [1.165, 1.54) is 6.07 Å². The fraction of sp³-hybridized carbons (Fsp3) is 0. The van der Waals surface area contributed by atoms with Crippen LogP contribution in [0.1, 0.15) is 5.56 Å². The summed E-state index contributed by atoms with van der Waals surface area (Å²) < 4.78 is 31.2. The van der Waals surface area contributed by atoms with Crippen LogP contribution in [0.15, 0.2) is 36.4 Å². The fourth-order valence-corrected chi connectivity index (χ4v) is 1.52. The first-order valence-corrected chi connectivity index (χ1v) is 5.32. The summed E-state index contributed by atoms with van der Waals surface area (Å²) in [7, 11) is 0. The maximum absolute atomic E-state index is 13.0. The molecule has 0 unspecified atom stereocenters. The SMILES string of the molecule is N#Cc1cc([N+](=O)[O-])ccc1Oc1cc(F)cc(F)c1. The van der Waals surface area contributed by atoms with Gasteiger partial charge in [-0.25, -0.2) is 8.78 Å². The van der Waals surface area contributed by atoms with Gasteiger partial charge in [0, 0.05) is 30.3 Å². The van der Waals surface area contributed by atoms with Crippen molar-refractivity contribution in [3.05, 3.63) is 63.7 Å². The van der Waals surface area contributed by atoms with E-state index >= 15 is 0 Å². The number of benzene rings is 2. The summed E-state index contributed by atoms with van der Waals surface area (Å²) in [6.07, 6.45) is 0. The van der Waals surface area contributed by atoms with Crippen molar-refractivity contribution in [2.75, 3.05) is 0 Å². The molecule has 0 spiro atoms. The van der Waals surface area contributed by atoms with Gasteiger partial charge in [0.05, 0.1) is 4.92 Å². The number of rotatable bonds is 3. The van der Waals surface area contributed by atoms with Gasteiger partial charge in [-0.05, 0) is 6.07 Å². The van der Waals surface area contributed by atoms with E-state index in [9.17, 15) is 18.9 Å². The Bertz CT molecular complexity index is 706. The average molecular weight is 276 g/mol. The highest BCUT2D eigenvalue weighted by atomic mass is 19.1. The zero-order valence-corrected chi connectivity index (χ0v) is 9.84. The van der Waals surface area contributed by atoms with Gasteiger partial charge in [0.25, 0.3) is 5.69 Å². The van der Waals surface area contributed by atoms with Crippen LogP contribution >= 0.6 is 0 Å². The molecule has 7 heteroatoms. The summed E-state index contributed by atoms with van der Waals surface area (Å²) in [5, 5.41) is 19.5. The lowest BCUT2D eigenvalue weighted by atomic mass is 10.2. The first kappa shape index (κ1) is 13.4. The minimum atomic E-state index is -0.833. The monoisotopic (exact) mass is 276 g/mol. The lowest BCUT2D eigenvalue weighted by Crippen LogP contribution is -1.93. The molecule has 0 N–H and O–H groups in total. The molecular formula is C13H6F2N2O3. The lowest BCUT2D eigenvalue weighted by Gasteiger charge is -2.07. The van der Waals surface area contributed by atoms with Crippen LogP contribution in [-0.4, -0.2) is 4.92 Å². The molecule has 2 rings (SSSR count). The van der Waals surface area contributed by atoms with Crippen LogP contribution in [0, 0.1) is 33.1 Å². The van der Waals surface area contributed by atoms with Crippen molar-refractivity contribution in [1.82, 2.24) is 0 Å². The number of nitrogens with zero attached hydrogens (tertiary/aromatic N) is 2. The van der Waals surface area contributed by atoms with E-state index in [-0.39, 0.29) is 22.7 Å². The number of hydrogen-bond acceptors (Lipinski definition) is 4. The topological polar surface area (TPSA) is 76.2 Å². The van der Waals surface area contributed by atoms with Crippen LogP contribution in [0.5, 0.6) is 11.5 Å². The van der Waals surface area contributed by atoms with Crippen LogP contribution in [0.25, 0.3) is 0 Å². The van der Waals surface area contributed by atoms with Gasteiger partial charge in [-0.2, -0.15) is 5.26 Å². The molecule has 0 radical (unpaired) electrons. The third-order valence-electron chi connectivity index (χ3n) is 2.36. The predicted octanol–water partition coefficient (Wildman–Crippen LogP) is 3.54. The second kappa shape index (κ2) is 5.32. The van der Waals surface area contributed by atoms with Crippen molar-refractivity contribution < 1.29 is 18.4 Å². The number of ether oxygens (including phenoxy) is 1. The van der Waals surface area contributed by atoms with Crippen molar-refractivity contribution in [2.24, 2.45) is 0 Å². The molecular weight excluding hydrogens is 270 g/mol. The summed E-state index contributed by atoms with van der Waals surface area (Å²) >= 11 is 0. The zero-order chi connectivity index (χ0) is 14.7. The van der Waals surface area contributed by atoms with Crippen LogP contribution in [0.3, 0.4) is 0 Å². The second-order valence-corrected chi connectivity index (χ2v) is 3.76. The van der Waals surface area contributed by atoms with Gasteiger partial charge < -0.3 is 4.74 Å². The van der Waals surface area contributed by atoms with Gasteiger partial charge in [0.2, 0.25) is 0 Å². The molecule has 5 nitrogen and oxygen atoms in total. The van der Waals surface area contributed by atoms with Gasteiger partial charge in [-0.3, -0.25) is 10.1 Å². The van der Waals surface area contributed by atoms with Crippen molar-refractivity contribution >= 4 is 5.69 Å². The Labute approximate surface area is 111 Å². The highest BCUT2D eigenvalue weighted by Gasteiger charge is 2.13.